The van der Waals surface area contributed by atoms with E-state index in [-0.39, 0.29) is 19.8 Å². The van der Waals surface area contributed by atoms with Crippen molar-refractivity contribution in [2.45, 2.75) is 26.6 Å². The summed E-state index contributed by atoms with van der Waals surface area (Å²) in [6.07, 6.45) is 7.55. The summed E-state index contributed by atoms with van der Waals surface area (Å²) in [4.78, 5) is 4.55. The van der Waals surface area contributed by atoms with Gasteiger partial charge in [-0.15, -0.1) is 5.10 Å². The topological polar surface area (TPSA) is 105 Å². The molecule has 9 nitrogen and oxygen atoms in total. The number of aryl methyl sites for hydroxylation is 1. The maximum Gasteiger partial charge on any atom is 0.263 e. The van der Waals surface area contributed by atoms with E-state index >= 15 is 0 Å². The standard InChI is InChI=1S/C30H29N3O6/c1-3-25-24(31-30(39-25)27-12-8-16-36-27)20-37-26-14-13-21(17-28(26)35-2)19-38-29-22(9-7-15-34)18-33(32-29)23-10-5-4-6-11-23/h4-14,16-18,34H,3,15,19-20H2,1-2H3/b9-7+. The quantitative estimate of drug-likeness (QED) is 0.215. The number of ether oxygens (including phenoxy) is 3. The van der Waals surface area contributed by atoms with Gasteiger partial charge in [-0.3, -0.25) is 0 Å². The third kappa shape index (κ3) is 6.05. The number of oxazole rings is 1. The molecule has 0 aliphatic rings. The van der Waals surface area contributed by atoms with E-state index in [1.807, 2.05) is 61.7 Å². The average Bonchev–Trinajstić information content (AvgIpc) is 3.74. The Morgan fingerprint density at radius 2 is 1.87 bits per heavy atom. The maximum absolute atomic E-state index is 9.23. The van der Waals surface area contributed by atoms with Gasteiger partial charge in [0.1, 0.15) is 24.7 Å². The molecule has 0 aliphatic carbocycles. The van der Waals surface area contributed by atoms with Gasteiger partial charge < -0.3 is 28.2 Å². The Kier molecular flexibility index (Phi) is 8.09. The van der Waals surface area contributed by atoms with Crippen LogP contribution in [-0.2, 0) is 19.6 Å². The second-order valence-electron chi connectivity index (χ2n) is 8.54. The van der Waals surface area contributed by atoms with E-state index in [4.69, 9.17) is 23.0 Å². The van der Waals surface area contributed by atoms with Crippen LogP contribution >= 0.6 is 0 Å². The summed E-state index contributed by atoms with van der Waals surface area (Å²) in [5, 5.41) is 13.8. The lowest BCUT2D eigenvalue weighted by Gasteiger charge is -2.12. The highest BCUT2D eigenvalue weighted by atomic mass is 16.5. The fourth-order valence-corrected chi connectivity index (χ4v) is 3.99. The van der Waals surface area contributed by atoms with Crippen molar-refractivity contribution in [1.82, 2.24) is 14.8 Å². The van der Waals surface area contributed by atoms with Gasteiger partial charge in [-0.2, -0.15) is 0 Å². The summed E-state index contributed by atoms with van der Waals surface area (Å²) in [6.45, 7) is 2.40. The summed E-state index contributed by atoms with van der Waals surface area (Å²) < 4.78 is 30.7. The Morgan fingerprint density at radius 3 is 2.62 bits per heavy atom. The number of aliphatic hydroxyl groups is 1. The van der Waals surface area contributed by atoms with Crippen molar-refractivity contribution >= 4 is 6.08 Å². The van der Waals surface area contributed by atoms with Gasteiger partial charge in [0.25, 0.3) is 5.89 Å². The molecule has 5 rings (SSSR count). The van der Waals surface area contributed by atoms with Crippen LogP contribution in [-0.4, -0.2) is 33.6 Å². The minimum Gasteiger partial charge on any atom is -0.493 e. The van der Waals surface area contributed by atoms with E-state index in [9.17, 15) is 5.11 Å². The van der Waals surface area contributed by atoms with Gasteiger partial charge in [0.2, 0.25) is 5.88 Å². The van der Waals surface area contributed by atoms with E-state index in [2.05, 4.69) is 10.1 Å². The van der Waals surface area contributed by atoms with Gasteiger partial charge in [0, 0.05) is 12.6 Å². The summed E-state index contributed by atoms with van der Waals surface area (Å²) in [6, 6.07) is 19.0. The number of rotatable bonds is 12. The maximum atomic E-state index is 9.23. The monoisotopic (exact) mass is 527 g/mol. The summed E-state index contributed by atoms with van der Waals surface area (Å²) >= 11 is 0. The fraction of sp³-hybridized carbons (Fsp3) is 0.200. The van der Waals surface area contributed by atoms with Crippen molar-refractivity contribution in [2.24, 2.45) is 0 Å². The number of benzene rings is 2. The van der Waals surface area contributed by atoms with Crippen molar-refractivity contribution in [3.63, 3.8) is 0 Å². The molecule has 3 heterocycles. The normalized spacial score (nSPS) is 11.3. The summed E-state index contributed by atoms with van der Waals surface area (Å²) in [7, 11) is 1.59. The second-order valence-corrected chi connectivity index (χ2v) is 8.54. The zero-order valence-electron chi connectivity index (χ0n) is 21.7. The van der Waals surface area contributed by atoms with Crippen LogP contribution in [0.2, 0.25) is 0 Å². The molecule has 0 unspecified atom stereocenters. The molecule has 0 fully saturated rings. The third-order valence-electron chi connectivity index (χ3n) is 5.93. The van der Waals surface area contributed by atoms with Crippen molar-refractivity contribution in [3.8, 4) is 34.7 Å². The Bertz CT molecular complexity index is 1520. The molecule has 0 saturated heterocycles. The molecule has 5 aromatic rings. The first-order valence-corrected chi connectivity index (χ1v) is 12.6. The molecule has 0 aliphatic heterocycles. The fourth-order valence-electron chi connectivity index (χ4n) is 3.99. The SMILES string of the molecule is CCc1oc(-c2ccco2)nc1COc1ccc(COc2nn(-c3ccccc3)cc2/C=C/CO)cc1OC. The minimum atomic E-state index is -0.0765. The van der Waals surface area contributed by atoms with Gasteiger partial charge in [0.15, 0.2) is 17.3 Å². The lowest BCUT2D eigenvalue weighted by molar-refractivity contribution is 0.274. The molecule has 3 aromatic heterocycles. The summed E-state index contributed by atoms with van der Waals surface area (Å²) in [5.41, 5.74) is 3.24. The second kappa shape index (κ2) is 12.2. The van der Waals surface area contributed by atoms with Crippen molar-refractivity contribution < 1.29 is 28.2 Å². The number of methoxy groups -OCH3 is 1. The van der Waals surface area contributed by atoms with Crippen molar-refractivity contribution in [3.05, 3.63) is 102 Å². The van der Waals surface area contributed by atoms with Crippen LogP contribution in [0.25, 0.3) is 23.4 Å². The van der Waals surface area contributed by atoms with E-state index in [0.29, 0.717) is 41.1 Å². The van der Waals surface area contributed by atoms with Gasteiger partial charge >= 0.3 is 0 Å². The van der Waals surface area contributed by atoms with Crippen LogP contribution in [0.5, 0.6) is 17.4 Å². The van der Waals surface area contributed by atoms with Gasteiger partial charge in [0.05, 0.1) is 31.2 Å². The van der Waals surface area contributed by atoms with Crippen LogP contribution < -0.4 is 14.2 Å². The van der Waals surface area contributed by atoms with Crippen LogP contribution in [0.1, 0.15) is 29.5 Å². The zero-order valence-corrected chi connectivity index (χ0v) is 21.7. The Hall–Kier alpha value is -4.76. The first-order valence-electron chi connectivity index (χ1n) is 12.6. The van der Waals surface area contributed by atoms with Crippen molar-refractivity contribution in [1.29, 1.82) is 0 Å². The van der Waals surface area contributed by atoms with Crippen LogP contribution in [0.15, 0.2) is 88.0 Å². The van der Waals surface area contributed by atoms with E-state index in [1.54, 1.807) is 42.3 Å². The van der Waals surface area contributed by atoms with E-state index in [0.717, 1.165) is 22.6 Å². The molecule has 0 saturated carbocycles. The Balaban J connectivity index is 1.29. The lowest BCUT2D eigenvalue weighted by atomic mass is 10.2. The molecule has 2 aromatic carbocycles. The summed E-state index contributed by atoms with van der Waals surface area (Å²) in [5.74, 6) is 3.34. The van der Waals surface area contributed by atoms with E-state index in [1.165, 1.54) is 0 Å². The largest absolute Gasteiger partial charge is 0.493 e. The molecule has 9 heteroatoms. The smallest absolute Gasteiger partial charge is 0.263 e. The molecular weight excluding hydrogens is 498 g/mol. The number of furan rings is 1. The van der Waals surface area contributed by atoms with E-state index < -0.39 is 0 Å². The minimum absolute atomic E-state index is 0.0765. The number of nitrogens with zero attached hydrogens (tertiary/aromatic N) is 3. The highest BCUT2D eigenvalue weighted by Gasteiger charge is 2.17. The predicted molar refractivity (Wildman–Crippen MR) is 145 cm³/mol. The van der Waals surface area contributed by atoms with Crippen LogP contribution in [0.4, 0.5) is 0 Å². The van der Waals surface area contributed by atoms with Crippen LogP contribution in [0, 0.1) is 0 Å². The Labute approximate surface area is 225 Å². The molecular formula is C30H29N3O6. The highest BCUT2D eigenvalue weighted by Crippen LogP contribution is 2.31. The van der Waals surface area contributed by atoms with Crippen molar-refractivity contribution in [2.75, 3.05) is 13.7 Å². The highest BCUT2D eigenvalue weighted by molar-refractivity contribution is 5.55. The Morgan fingerprint density at radius 1 is 1.00 bits per heavy atom. The third-order valence-corrected chi connectivity index (χ3v) is 5.93. The molecule has 200 valence electrons. The average molecular weight is 528 g/mol. The molecule has 0 bridgehead atoms. The molecule has 39 heavy (non-hydrogen) atoms. The molecule has 0 radical (unpaired) electrons. The lowest BCUT2D eigenvalue weighted by Crippen LogP contribution is -2.02. The van der Waals surface area contributed by atoms with Gasteiger partial charge in [-0.1, -0.05) is 37.3 Å². The first kappa shape index (κ1) is 25.9. The first-order chi connectivity index (χ1) is 19.2. The number of aliphatic hydroxyl groups excluding tert-OH is 1. The molecule has 0 spiro atoms. The zero-order chi connectivity index (χ0) is 27.0. The predicted octanol–water partition coefficient (Wildman–Crippen LogP) is 5.85. The molecule has 0 atom stereocenters. The number of hydrogen-bond donors (Lipinski definition) is 1. The molecule has 0 amide bonds. The van der Waals surface area contributed by atoms with Gasteiger partial charge in [-0.05, 0) is 48.0 Å². The molecule has 1 N–H and O–H groups in total. The number of aromatic nitrogens is 3. The number of para-hydroxylation sites is 1. The van der Waals surface area contributed by atoms with Gasteiger partial charge in [-0.25, -0.2) is 9.67 Å². The number of hydrogen-bond acceptors (Lipinski definition) is 8. The van der Waals surface area contributed by atoms with Crippen LogP contribution in [0.3, 0.4) is 0 Å².